The van der Waals surface area contributed by atoms with Gasteiger partial charge in [-0.2, -0.15) is 0 Å². The number of unbranched alkanes of at least 4 members (excludes halogenated alkanes) is 1. The fourth-order valence-electron chi connectivity index (χ4n) is 10.3. The van der Waals surface area contributed by atoms with Gasteiger partial charge in [0, 0.05) is 0 Å². The Morgan fingerprint density at radius 3 is 1.65 bits per heavy atom. The second-order valence-electron chi connectivity index (χ2n) is 20.8. The van der Waals surface area contributed by atoms with Gasteiger partial charge in [-0.1, -0.05) is 0 Å². The first-order chi connectivity index (χ1) is 24.8. The molecule has 4 aromatic rings. The summed E-state index contributed by atoms with van der Waals surface area (Å²) in [7, 11) is 17.6. The Morgan fingerprint density at radius 2 is 1.19 bits per heavy atom. The molecule has 0 saturated heterocycles. The molecule has 2 aliphatic carbocycles. The van der Waals surface area contributed by atoms with Crippen molar-refractivity contribution in [3.8, 4) is 22.3 Å². The molecule has 289 valence electrons. The fraction of sp³-hybridized carbons (Fsp3) is 0.417. The van der Waals surface area contributed by atoms with Crippen LogP contribution >= 0.6 is 17.0 Å². The van der Waals surface area contributed by atoms with Crippen LogP contribution in [0, 0.1) is 5.92 Å². The minimum absolute atomic E-state index is 0.0437. The van der Waals surface area contributed by atoms with Gasteiger partial charge < -0.3 is 0 Å². The Balaban J connectivity index is 1.66. The zero-order chi connectivity index (χ0) is 39.9. The molecule has 6 rings (SSSR count). The number of halogens is 2. The first-order valence-corrected chi connectivity index (χ1v) is 40.1. The Labute approximate surface area is 328 Å². The predicted molar refractivity (Wildman–Crippen MR) is 237 cm³/mol. The van der Waals surface area contributed by atoms with Crippen molar-refractivity contribution in [2.24, 2.45) is 5.92 Å². The fourth-order valence-corrected chi connectivity index (χ4v) is 43.1. The number of allylic oxidation sites excluding steroid dienone is 3. The summed E-state index contributed by atoms with van der Waals surface area (Å²) in [6.45, 7) is 22.2. The van der Waals surface area contributed by atoms with E-state index < -0.39 is 26.2 Å². The molecule has 0 radical (unpaired) electrons. The van der Waals surface area contributed by atoms with Gasteiger partial charge in [0.2, 0.25) is 0 Å². The molecule has 0 amide bonds. The van der Waals surface area contributed by atoms with E-state index in [4.69, 9.17) is 17.0 Å². The Morgan fingerprint density at radius 1 is 0.704 bits per heavy atom. The van der Waals surface area contributed by atoms with E-state index in [1.165, 1.54) is 22.3 Å². The third-order valence-corrected chi connectivity index (χ3v) is 61.0. The van der Waals surface area contributed by atoms with Crippen molar-refractivity contribution in [3.63, 3.8) is 0 Å². The quantitative estimate of drug-likeness (QED) is 0.165. The number of rotatable bonds is 9. The molecule has 2 N–H and O–H groups in total. The summed E-state index contributed by atoms with van der Waals surface area (Å²) in [5, 5.41) is 0. The molecule has 2 unspecified atom stereocenters. The SMILES string of the molecule is CCCCC1=C(C)[CH]([Zr]([CH3])([CH3])([Cl])([Cl])([CH]2C(C(C)C)=Cc3c(-c4ccc(C(C)(C)C)cc4)cccc32)[SiH](O)O)c2cccc(-c3ccc(C(C)(C)C)cc3)c21. The molecule has 0 heterocycles. The molecule has 0 bridgehead atoms. The summed E-state index contributed by atoms with van der Waals surface area (Å²) in [5.41, 5.74) is 14.9. The zero-order valence-electron chi connectivity index (χ0n) is 34.7. The topological polar surface area (TPSA) is 40.5 Å². The van der Waals surface area contributed by atoms with E-state index in [-0.39, 0.29) is 16.7 Å². The zero-order valence-corrected chi connectivity index (χ0v) is 39.9. The molecule has 0 spiro atoms. The van der Waals surface area contributed by atoms with E-state index >= 15 is 0 Å². The van der Waals surface area contributed by atoms with Crippen molar-refractivity contribution in [3.05, 3.63) is 129 Å². The minimum atomic E-state index is -7.08. The average Bonchev–Trinajstić information content (AvgIpc) is 3.64. The summed E-state index contributed by atoms with van der Waals surface area (Å²) >= 11 is -7.08. The summed E-state index contributed by atoms with van der Waals surface area (Å²) in [4.78, 5) is 25.1. The molecule has 2 aliphatic rings. The molecule has 2 atom stereocenters. The van der Waals surface area contributed by atoms with Crippen molar-refractivity contribution in [2.75, 3.05) is 0 Å². The predicted octanol–water partition coefficient (Wildman–Crippen LogP) is 14.3. The van der Waals surface area contributed by atoms with Crippen molar-refractivity contribution < 1.29 is 22.2 Å². The normalized spacial score (nSPS) is 19.7. The standard InChI is InChI=1S/C24H29.C22H25.2CH3.2ClH.H3O2Si.Zr/c1-6-7-10-21-17(2)16-19-9-8-11-22(23(19)21)18-12-14-20(15-13-18)24(3,4)5;1-15(2)18-13-17-7-6-8-20(21(17)14-18)16-9-11-19(12-10-16)22(3,4)5;;;;;1-3-2;/h8-9,11-16H,6-7,10H2,1-5H3;6-15H,1-5H3;2*1H3;2*1H;1-3H;/q;;;;;;;+2/p-2. The molecule has 54 heavy (non-hydrogen) atoms. The monoisotopic (exact) mass is 859 g/mol. The van der Waals surface area contributed by atoms with Crippen molar-refractivity contribution in [1.82, 2.24) is 0 Å². The Kier molecular flexibility index (Phi) is 9.80. The van der Waals surface area contributed by atoms with E-state index in [1.54, 1.807) is 0 Å². The molecule has 4 aromatic carbocycles. The summed E-state index contributed by atoms with van der Waals surface area (Å²) in [6, 6.07) is 30.8. The maximum absolute atomic E-state index is 12.6. The van der Waals surface area contributed by atoms with Crippen LogP contribution in [0.1, 0.15) is 129 Å². The van der Waals surface area contributed by atoms with E-state index in [9.17, 15) is 9.59 Å². The first kappa shape index (κ1) is 41.6. The van der Waals surface area contributed by atoms with Gasteiger partial charge in [-0.25, -0.2) is 0 Å². The number of benzene rings is 4. The third-order valence-electron chi connectivity index (χ3n) is 13.6. The molecule has 0 aromatic heterocycles. The summed E-state index contributed by atoms with van der Waals surface area (Å²) in [5.74, 6) is 0.0674. The van der Waals surface area contributed by atoms with E-state index in [0.717, 1.165) is 69.4 Å². The van der Waals surface area contributed by atoms with Gasteiger partial charge in [-0.05, 0) is 0 Å². The van der Waals surface area contributed by atoms with Crippen LogP contribution in [0.4, 0.5) is 0 Å². The Hall–Kier alpha value is -2.04. The number of hydrogen-bond donors (Lipinski definition) is 2. The molecule has 0 aliphatic heterocycles. The van der Waals surface area contributed by atoms with Crippen LogP contribution < -0.4 is 0 Å². The van der Waals surface area contributed by atoms with Crippen LogP contribution in [-0.2, 0) is 23.4 Å². The molecule has 0 fully saturated rings. The second-order valence-corrected chi connectivity index (χ2v) is 87.5. The van der Waals surface area contributed by atoms with Crippen molar-refractivity contribution in [1.29, 1.82) is 0 Å². The number of fused-ring (bicyclic) bond motifs is 2. The van der Waals surface area contributed by atoms with Gasteiger partial charge in [0.05, 0.1) is 0 Å². The molecular formula is C48H63Cl2O2SiZr. The van der Waals surface area contributed by atoms with Crippen LogP contribution in [0.2, 0.25) is 9.26 Å². The first-order valence-electron chi connectivity index (χ1n) is 20.1. The summed E-state index contributed by atoms with van der Waals surface area (Å²) < 4.78 is 2.89. The molecule has 2 nitrogen and oxygen atoms in total. The van der Waals surface area contributed by atoms with E-state index in [1.807, 2.05) is 9.26 Å². The van der Waals surface area contributed by atoms with E-state index in [2.05, 4.69) is 160 Å². The van der Waals surface area contributed by atoms with Crippen LogP contribution in [0.3, 0.4) is 0 Å². The average molecular weight is 862 g/mol. The van der Waals surface area contributed by atoms with Crippen molar-refractivity contribution >= 4 is 35.1 Å². The molecular weight excluding hydrogens is 799 g/mol. The van der Waals surface area contributed by atoms with Crippen LogP contribution in [0.5, 0.6) is 0 Å². The Bertz CT molecular complexity index is 2200. The van der Waals surface area contributed by atoms with Crippen LogP contribution in [-0.4, -0.2) is 16.0 Å². The van der Waals surface area contributed by atoms with Crippen LogP contribution in [0.25, 0.3) is 33.9 Å². The molecule has 0 saturated carbocycles. The molecule has 6 heteroatoms. The third kappa shape index (κ3) is 6.29. The van der Waals surface area contributed by atoms with Crippen molar-refractivity contribution in [2.45, 2.75) is 116 Å². The van der Waals surface area contributed by atoms with Crippen LogP contribution in [0.15, 0.2) is 96.1 Å². The number of hydrogen-bond acceptors (Lipinski definition) is 2. The summed E-state index contributed by atoms with van der Waals surface area (Å²) in [6.07, 6.45) is 1.30. The van der Waals surface area contributed by atoms with Gasteiger partial charge in [-0.3, -0.25) is 0 Å². The maximum atomic E-state index is 12.6. The van der Waals surface area contributed by atoms with Gasteiger partial charge in [0.15, 0.2) is 0 Å². The van der Waals surface area contributed by atoms with Gasteiger partial charge in [0.1, 0.15) is 0 Å². The van der Waals surface area contributed by atoms with Gasteiger partial charge >= 0.3 is 331 Å². The van der Waals surface area contributed by atoms with Gasteiger partial charge in [-0.15, -0.1) is 0 Å². The van der Waals surface area contributed by atoms with Gasteiger partial charge in [0.25, 0.3) is 0 Å². The second kappa shape index (κ2) is 12.7. The van der Waals surface area contributed by atoms with E-state index in [0.29, 0.717) is 0 Å².